The van der Waals surface area contributed by atoms with Gasteiger partial charge in [-0.1, -0.05) is 13.0 Å². The van der Waals surface area contributed by atoms with Gasteiger partial charge in [-0.05, 0) is 40.6 Å². The highest BCUT2D eigenvalue weighted by molar-refractivity contribution is 14.1. The summed E-state index contributed by atoms with van der Waals surface area (Å²) in [6.45, 7) is 3.33. The first kappa shape index (κ1) is 14.8. The van der Waals surface area contributed by atoms with E-state index in [0.717, 1.165) is 15.6 Å². The van der Waals surface area contributed by atoms with E-state index in [9.17, 15) is 10.1 Å². The summed E-state index contributed by atoms with van der Waals surface area (Å²) in [5.74, 6) is 0. The first-order valence-electron chi connectivity index (χ1n) is 6.29. The number of anilines is 1. The zero-order valence-electron chi connectivity index (χ0n) is 11.0. The van der Waals surface area contributed by atoms with Gasteiger partial charge in [0.15, 0.2) is 0 Å². The molecule has 7 heteroatoms. The summed E-state index contributed by atoms with van der Waals surface area (Å²) in [6.07, 6.45) is 4.63. The summed E-state index contributed by atoms with van der Waals surface area (Å²) >= 11 is 2.20. The normalized spacial score (nSPS) is 10.5. The molecule has 0 aliphatic carbocycles. The van der Waals surface area contributed by atoms with E-state index < -0.39 is 0 Å². The number of nitro benzene ring substituents is 1. The van der Waals surface area contributed by atoms with Gasteiger partial charge in [-0.25, -0.2) is 0 Å². The minimum atomic E-state index is -0.362. The van der Waals surface area contributed by atoms with Crippen molar-refractivity contribution in [3.63, 3.8) is 0 Å². The van der Waals surface area contributed by atoms with Crippen LogP contribution in [-0.4, -0.2) is 21.2 Å². The highest BCUT2D eigenvalue weighted by Gasteiger charge is 2.13. The molecule has 0 atom stereocenters. The Bertz CT molecular complexity index is 612. The fourth-order valence-electron chi connectivity index (χ4n) is 1.85. The summed E-state index contributed by atoms with van der Waals surface area (Å²) in [4.78, 5) is 10.6. The van der Waals surface area contributed by atoms with Crippen LogP contribution in [0.3, 0.4) is 0 Å². The Balaban J connectivity index is 2.24. The molecule has 0 radical (unpaired) electrons. The smallest absolute Gasteiger partial charge is 0.292 e. The van der Waals surface area contributed by atoms with E-state index in [1.165, 1.54) is 0 Å². The second kappa shape index (κ2) is 6.69. The zero-order valence-corrected chi connectivity index (χ0v) is 13.2. The van der Waals surface area contributed by atoms with Gasteiger partial charge >= 0.3 is 0 Å². The van der Waals surface area contributed by atoms with Gasteiger partial charge in [0, 0.05) is 18.8 Å². The number of aromatic nitrogens is 2. The second-order valence-corrected chi connectivity index (χ2v) is 5.64. The summed E-state index contributed by atoms with van der Waals surface area (Å²) in [7, 11) is 0. The molecule has 2 aromatic rings. The molecular weight excluding hydrogens is 371 g/mol. The highest BCUT2D eigenvalue weighted by Crippen LogP contribution is 2.25. The van der Waals surface area contributed by atoms with Crippen LogP contribution in [0.15, 0.2) is 30.6 Å². The van der Waals surface area contributed by atoms with Crippen molar-refractivity contribution in [2.75, 3.05) is 11.9 Å². The third-order valence-corrected chi connectivity index (χ3v) is 3.33. The molecule has 0 bridgehead atoms. The fraction of sp³-hybridized carbons (Fsp3) is 0.308. The number of hydrogen-bond acceptors (Lipinski definition) is 4. The fourth-order valence-corrected chi connectivity index (χ4v) is 2.30. The summed E-state index contributed by atoms with van der Waals surface area (Å²) in [6, 6.07) is 5.13. The van der Waals surface area contributed by atoms with Gasteiger partial charge in [0.25, 0.3) is 5.69 Å². The maximum atomic E-state index is 11.0. The first-order valence-corrected chi connectivity index (χ1v) is 7.37. The number of halogens is 1. The summed E-state index contributed by atoms with van der Waals surface area (Å²) in [5.41, 5.74) is 1.65. The molecule has 0 unspecified atom stereocenters. The molecule has 1 N–H and O–H groups in total. The second-order valence-electron chi connectivity index (χ2n) is 4.39. The quantitative estimate of drug-likeness (QED) is 0.470. The Morgan fingerprint density at radius 1 is 1.50 bits per heavy atom. The monoisotopic (exact) mass is 386 g/mol. The van der Waals surface area contributed by atoms with Crippen molar-refractivity contribution < 1.29 is 4.92 Å². The third-order valence-electron chi connectivity index (χ3n) is 2.77. The lowest BCUT2D eigenvalue weighted by Crippen LogP contribution is -2.05. The lowest BCUT2D eigenvalue weighted by Gasteiger charge is -2.08. The number of nitrogens with one attached hydrogen (secondary N) is 1. The number of hydrogen-bond donors (Lipinski definition) is 1. The van der Waals surface area contributed by atoms with Crippen LogP contribution in [0.25, 0.3) is 0 Å². The third kappa shape index (κ3) is 3.69. The van der Waals surface area contributed by atoms with Gasteiger partial charge in [0.1, 0.15) is 5.69 Å². The SMILES string of the molecule is CCCNc1cc(Cn2cc(I)cn2)ccc1[N+](=O)[O-]. The van der Waals surface area contributed by atoms with Crippen LogP contribution in [-0.2, 0) is 6.54 Å². The Morgan fingerprint density at radius 3 is 2.90 bits per heavy atom. The first-order chi connectivity index (χ1) is 9.60. The van der Waals surface area contributed by atoms with Gasteiger partial charge in [-0.2, -0.15) is 5.10 Å². The van der Waals surface area contributed by atoms with Gasteiger partial charge in [0.2, 0.25) is 0 Å². The molecule has 0 amide bonds. The molecule has 0 aliphatic rings. The molecule has 106 valence electrons. The van der Waals surface area contributed by atoms with Crippen LogP contribution in [0.2, 0.25) is 0 Å². The van der Waals surface area contributed by atoms with Crippen LogP contribution in [0.4, 0.5) is 11.4 Å². The molecule has 1 heterocycles. The Hall–Kier alpha value is -1.64. The van der Waals surface area contributed by atoms with E-state index in [1.807, 2.05) is 23.9 Å². The van der Waals surface area contributed by atoms with Gasteiger partial charge in [-0.3, -0.25) is 14.8 Å². The molecule has 0 spiro atoms. The average Bonchev–Trinajstić information content (AvgIpc) is 2.81. The average molecular weight is 386 g/mol. The Labute approximate surface area is 130 Å². The molecule has 1 aromatic carbocycles. The van der Waals surface area contributed by atoms with Crippen molar-refractivity contribution in [1.29, 1.82) is 0 Å². The maximum absolute atomic E-state index is 11.0. The van der Waals surface area contributed by atoms with E-state index in [0.29, 0.717) is 18.8 Å². The van der Waals surface area contributed by atoms with E-state index in [2.05, 4.69) is 33.0 Å². The van der Waals surface area contributed by atoms with Crippen LogP contribution < -0.4 is 5.32 Å². The zero-order chi connectivity index (χ0) is 14.5. The molecule has 0 saturated carbocycles. The van der Waals surface area contributed by atoms with Gasteiger partial charge in [-0.15, -0.1) is 0 Å². The van der Waals surface area contributed by atoms with E-state index >= 15 is 0 Å². The van der Waals surface area contributed by atoms with E-state index in [4.69, 9.17) is 0 Å². The van der Waals surface area contributed by atoms with E-state index in [1.54, 1.807) is 18.3 Å². The Morgan fingerprint density at radius 2 is 2.30 bits per heavy atom. The van der Waals surface area contributed by atoms with Crippen molar-refractivity contribution in [2.24, 2.45) is 0 Å². The molecular formula is C13H15IN4O2. The molecule has 0 saturated heterocycles. The van der Waals surface area contributed by atoms with Crippen molar-refractivity contribution >= 4 is 34.0 Å². The molecule has 2 rings (SSSR count). The lowest BCUT2D eigenvalue weighted by atomic mass is 10.1. The molecule has 6 nitrogen and oxygen atoms in total. The largest absolute Gasteiger partial charge is 0.379 e. The molecule has 20 heavy (non-hydrogen) atoms. The van der Waals surface area contributed by atoms with Crippen molar-refractivity contribution in [2.45, 2.75) is 19.9 Å². The Kier molecular flexibility index (Phi) is 4.94. The van der Waals surface area contributed by atoms with Crippen molar-refractivity contribution in [3.8, 4) is 0 Å². The standard InChI is InChI=1S/C13H15IN4O2/c1-2-5-15-12-6-10(3-4-13(12)18(19)20)8-17-9-11(14)7-16-17/h3-4,6-7,9,15H,2,5,8H2,1H3. The molecule has 0 fully saturated rings. The topological polar surface area (TPSA) is 73.0 Å². The van der Waals surface area contributed by atoms with E-state index in [-0.39, 0.29) is 10.6 Å². The maximum Gasteiger partial charge on any atom is 0.292 e. The van der Waals surface area contributed by atoms with Crippen LogP contribution >= 0.6 is 22.6 Å². The van der Waals surface area contributed by atoms with Crippen molar-refractivity contribution in [3.05, 3.63) is 49.8 Å². The van der Waals surface area contributed by atoms with Gasteiger partial charge < -0.3 is 5.32 Å². The van der Waals surface area contributed by atoms with Crippen LogP contribution in [0.5, 0.6) is 0 Å². The number of nitrogens with zero attached hydrogens (tertiary/aromatic N) is 3. The summed E-state index contributed by atoms with van der Waals surface area (Å²) < 4.78 is 2.88. The predicted molar refractivity (Wildman–Crippen MR) is 85.9 cm³/mol. The predicted octanol–water partition coefficient (Wildman–Crippen LogP) is 3.27. The van der Waals surface area contributed by atoms with Gasteiger partial charge in [0.05, 0.1) is 21.2 Å². The lowest BCUT2D eigenvalue weighted by molar-refractivity contribution is -0.384. The minimum Gasteiger partial charge on any atom is -0.379 e. The van der Waals surface area contributed by atoms with Crippen LogP contribution in [0, 0.1) is 13.7 Å². The van der Waals surface area contributed by atoms with Crippen molar-refractivity contribution in [1.82, 2.24) is 9.78 Å². The van der Waals surface area contributed by atoms with Crippen LogP contribution in [0.1, 0.15) is 18.9 Å². The molecule has 0 aliphatic heterocycles. The summed E-state index contributed by atoms with van der Waals surface area (Å²) in [5, 5.41) is 18.3. The highest BCUT2D eigenvalue weighted by atomic mass is 127. The number of benzene rings is 1. The molecule has 1 aromatic heterocycles. The minimum absolute atomic E-state index is 0.109. The number of nitro groups is 1. The number of rotatable bonds is 6.